The third kappa shape index (κ3) is 3.80. The third-order valence-corrected chi connectivity index (χ3v) is 4.45. The summed E-state index contributed by atoms with van der Waals surface area (Å²) in [7, 11) is 0. The van der Waals surface area contributed by atoms with Gasteiger partial charge in [-0.1, -0.05) is 18.2 Å². The van der Waals surface area contributed by atoms with E-state index in [-0.39, 0.29) is 24.3 Å². The van der Waals surface area contributed by atoms with E-state index in [1.54, 1.807) is 6.07 Å². The molecule has 3 N–H and O–H groups in total. The van der Waals surface area contributed by atoms with Gasteiger partial charge in [0.2, 0.25) is 5.91 Å². The van der Waals surface area contributed by atoms with Crippen molar-refractivity contribution < 1.29 is 9.59 Å². The van der Waals surface area contributed by atoms with Crippen LogP contribution in [-0.4, -0.2) is 28.3 Å². The predicted octanol–water partition coefficient (Wildman–Crippen LogP) is 2.62. The van der Waals surface area contributed by atoms with E-state index in [1.807, 2.05) is 42.6 Å². The van der Waals surface area contributed by atoms with Crippen LogP contribution >= 0.6 is 11.3 Å². The lowest BCUT2D eigenvalue weighted by atomic mass is 10.3. The molecule has 0 aliphatic rings. The zero-order valence-electron chi connectivity index (χ0n) is 13.2. The number of aromatic nitrogens is 2. The summed E-state index contributed by atoms with van der Waals surface area (Å²) >= 11 is 1.37. The number of amides is 2. The summed E-state index contributed by atoms with van der Waals surface area (Å²) in [4.78, 5) is 32.1. The Morgan fingerprint density at radius 2 is 2.08 bits per heavy atom. The van der Waals surface area contributed by atoms with Crippen LogP contribution in [0.2, 0.25) is 0 Å². The monoisotopic (exact) mass is 342 g/mol. The first kappa shape index (κ1) is 16.2. The van der Waals surface area contributed by atoms with E-state index in [0.29, 0.717) is 17.2 Å². The molecule has 0 saturated carbocycles. The minimum Gasteiger partial charge on any atom is -0.351 e. The number of hydrogen-bond donors (Lipinski definition) is 3. The van der Waals surface area contributed by atoms with Gasteiger partial charge in [-0.05, 0) is 30.5 Å². The molecule has 0 bridgehead atoms. The number of aromatic amines is 1. The second-order valence-corrected chi connectivity index (χ2v) is 6.36. The topological polar surface area (TPSA) is 86.9 Å². The van der Waals surface area contributed by atoms with E-state index in [1.165, 1.54) is 11.3 Å². The average molecular weight is 342 g/mol. The van der Waals surface area contributed by atoms with Crippen LogP contribution in [0.3, 0.4) is 0 Å². The van der Waals surface area contributed by atoms with Gasteiger partial charge in [0, 0.05) is 13.0 Å². The van der Waals surface area contributed by atoms with Crippen molar-refractivity contribution in [3.8, 4) is 0 Å². The fourth-order valence-corrected chi connectivity index (χ4v) is 2.98. The summed E-state index contributed by atoms with van der Waals surface area (Å²) in [6, 6.07) is 11.1. The van der Waals surface area contributed by atoms with Gasteiger partial charge >= 0.3 is 0 Å². The van der Waals surface area contributed by atoms with Gasteiger partial charge in [-0.25, -0.2) is 4.98 Å². The second-order valence-electron chi connectivity index (χ2n) is 5.41. The maximum Gasteiger partial charge on any atom is 0.261 e. The Hall–Kier alpha value is -2.67. The molecule has 0 saturated heterocycles. The van der Waals surface area contributed by atoms with Crippen molar-refractivity contribution in [1.29, 1.82) is 0 Å². The molecule has 2 heterocycles. The number of rotatable bonds is 6. The molecule has 1 atom stereocenters. The van der Waals surface area contributed by atoms with Crippen molar-refractivity contribution in [2.75, 3.05) is 6.54 Å². The molecule has 6 nitrogen and oxygen atoms in total. The van der Waals surface area contributed by atoms with E-state index in [2.05, 4.69) is 20.6 Å². The zero-order valence-corrected chi connectivity index (χ0v) is 14.0. The summed E-state index contributed by atoms with van der Waals surface area (Å²) in [5.74, 6) is 0.435. The van der Waals surface area contributed by atoms with Gasteiger partial charge in [0.1, 0.15) is 5.82 Å². The molecule has 3 aromatic rings. The molecule has 2 amide bonds. The smallest absolute Gasteiger partial charge is 0.261 e. The minimum absolute atomic E-state index is 0.130. The molecule has 0 aliphatic heterocycles. The lowest BCUT2D eigenvalue weighted by molar-refractivity contribution is -0.121. The van der Waals surface area contributed by atoms with E-state index < -0.39 is 0 Å². The summed E-state index contributed by atoms with van der Waals surface area (Å²) in [5, 5.41) is 7.47. The lowest BCUT2D eigenvalue weighted by Gasteiger charge is -2.11. The van der Waals surface area contributed by atoms with Crippen LogP contribution in [0.25, 0.3) is 11.0 Å². The quantitative estimate of drug-likeness (QED) is 0.643. The highest BCUT2D eigenvalue weighted by molar-refractivity contribution is 7.12. The molecule has 3 rings (SSSR count). The number of carbonyl (C=O) groups is 2. The highest BCUT2D eigenvalue weighted by Gasteiger charge is 2.14. The van der Waals surface area contributed by atoms with Crippen molar-refractivity contribution in [1.82, 2.24) is 20.6 Å². The summed E-state index contributed by atoms with van der Waals surface area (Å²) in [6.07, 6.45) is 0.224. The van der Waals surface area contributed by atoms with Gasteiger partial charge in [0.25, 0.3) is 5.91 Å². The van der Waals surface area contributed by atoms with E-state index in [0.717, 1.165) is 11.0 Å². The van der Waals surface area contributed by atoms with Crippen molar-refractivity contribution in [3.05, 3.63) is 52.5 Å². The number of fused-ring (bicyclic) bond motifs is 1. The van der Waals surface area contributed by atoms with Crippen LogP contribution in [0, 0.1) is 0 Å². The summed E-state index contributed by atoms with van der Waals surface area (Å²) in [5.41, 5.74) is 1.81. The Morgan fingerprint density at radius 3 is 2.83 bits per heavy atom. The van der Waals surface area contributed by atoms with Crippen molar-refractivity contribution in [3.63, 3.8) is 0 Å². The predicted molar refractivity (Wildman–Crippen MR) is 93.9 cm³/mol. The van der Waals surface area contributed by atoms with Crippen LogP contribution in [-0.2, 0) is 4.79 Å². The van der Waals surface area contributed by atoms with Crippen LogP contribution < -0.4 is 10.6 Å². The largest absolute Gasteiger partial charge is 0.351 e. The van der Waals surface area contributed by atoms with Crippen molar-refractivity contribution in [2.24, 2.45) is 0 Å². The average Bonchev–Trinajstić information content (AvgIpc) is 3.24. The Labute approximate surface area is 143 Å². The number of nitrogens with one attached hydrogen (secondary N) is 3. The van der Waals surface area contributed by atoms with Crippen LogP contribution in [0.4, 0.5) is 0 Å². The van der Waals surface area contributed by atoms with Crippen LogP contribution in [0.5, 0.6) is 0 Å². The van der Waals surface area contributed by atoms with Gasteiger partial charge in [-0.3, -0.25) is 9.59 Å². The van der Waals surface area contributed by atoms with E-state index >= 15 is 0 Å². The van der Waals surface area contributed by atoms with Crippen molar-refractivity contribution in [2.45, 2.75) is 19.4 Å². The molecular formula is C17H18N4O2S. The third-order valence-electron chi connectivity index (χ3n) is 3.58. The normalized spacial score (nSPS) is 12.0. The number of benzene rings is 1. The van der Waals surface area contributed by atoms with E-state index in [4.69, 9.17) is 0 Å². The Kier molecular flexibility index (Phi) is 4.90. The summed E-state index contributed by atoms with van der Waals surface area (Å²) < 4.78 is 0. The Morgan fingerprint density at radius 1 is 1.25 bits per heavy atom. The maximum absolute atomic E-state index is 12.0. The molecule has 0 fully saturated rings. The molecule has 7 heteroatoms. The molecule has 1 aromatic carbocycles. The van der Waals surface area contributed by atoms with Crippen LogP contribution in [0.1, 0.15) is 34.9 Å². The number of carbonyl (C=O) groups excluding carboxylic acids is 2. The van der Waals surface area contributed by atoms with Crippen LogP contribution in [0.15, 0.2) is 41.8 Å². The number of H-pyrrole nitrogens is 1. The number of nitrogens with zero attached hydrogens (tertiary/aromatic N) is 1. The number of para-hydroxylation sites is 2. The van der Waals surface area contributed by atoms with Crippen molar-refractivity contribution >= 4 is 34.2 Å². The fourth-order valence-electron chi connectivity index (χ4n) is 2.34. The van der Waals surface area contributed by atoms with Gasteiger partial charge in [-0.15, -0.1) is 11.3 Å². The standard InChI is InChI=1S/C17H18N4O2S/c1-11(16-20-12-5-2-3-6-13(12)21-16)19-15(22)8-9-18-17(23)14-7-4-10-24-14/h2-7,10-11H,8-9H2,1H3,(H,18,23)(H,19,22)(H,20,21). The van der Waals surface area contributed by atoms with Gasteiger partial charge in [0.05, 0.1) is 22.0 Å². The number of thiophene rings is 1. The maximum atomic E-state index is 12.0. The molecule has 0 radical (unpaired) electrons. The minimum atomic E-state index is -0.224. The highest BCUT2D eigenvalue weighted by Crippen LogP contribution is 2.15. The molecular weight excluding hydrogens is 324 g/mol. The summed E-state index contributed by atoms with van der Waals surface area (Å²) in [6.45, 7) is 2.18. The first-order chi connectivity index (χ1) is 11.6. The second kappa shape index (κ2) is 7.27. The fraction of sp³-hybridized carbons (Fsp3) is 0.235. The first-order valence-electron chi connectivity index (χ1n) is 7.69. The lowest BCUT2D eigenvalue weighted by Crippen LogP contribution is -2.32. The molecule has 0 aliphatic carbocycles. The molecule has 0 spiro atoms. The Bertz CT molecular complexity index is 808. The molecule has 2 aromatic heterocycles. The molecule has 1 unspecified atom stereocenters. The zero-order chi connectivity index (χ0) is 16.9. The van der Waals surface area contributed by atoms with E-state index in [9.17, 15) is 9.59 Å². The highest BCUT2D eigenvalue weighted by atomic mass is 32.1. The van der Waals surface area contributed by atoms with Gasteiger partial charge in [-0.2, -0.15) is 0 Å². The molecule has 24 heavy (non-hydrogen) atoms. The molecule has 124 valence electrons. The SMILES string of the molecule is CC(NC(=O)CCNC(=O)c1cccs1)c1nc2ccccc2[nH]1. The van der Waals surface area contributed by atoms with Gasteiger partial charge in [0.15, 0.2) is 0 Å². The number of imidazole rings is 1. The Balaban J connectivity index is 1.48. The first-order valence-corrected chi connectivity index (χ1v) is 8.57. The van der Waals surface area contributed by atoms with Gasteiger partial charge < -0.3 is 15.6 Å². The number of hydrogen-bond acceptors (Lipinski definition) is 4.